The normalized spacial score (nSPS) is 22.0. The van der Waals surface area contributed by atoms with Crippen molar-refractivity contribution >= 4 is 40.1 Å². The molecule has 15 nitrogen and oxygen atoms in total. The molecule has 6 N–H and O–H groups in total. The van der Waals surface area contributed by atoms with Gasteiger partial charge in [0.15, 0.2) is 23.2 Å². The van der Waals surface area contributed by atoms with E-state index in [0.717, 1.165) is 49.2 Å². The number of imidazole rings is 1. The Morgan fingerprint density at radius 2 is 1.74 bits per heavy atom. The zero-order chi connectivity index (χ0) is 32.6. The summed E-state index contributed by atoms with van der Waals surface area (Å²) < 4.78 is 14.8. The van der Waals surface area contributed by atoms with Crippen LogP contribution in [0.3, 0.4) is 0 Å². The third-order valence-corrected chi connectivity index (χ3v) is 8.45. The van der Waals surface area contributed by atoms with Gasteiger partial charge in [0.1, 0.15) is 30.0 Å². The molecule has 252 valence electrons. The van der Waals surface area contributed by atoms with Crippen molar-refractivity contribution in [3.63, 3.8) is 0 Å². The van der Waals surface area contributed by atoms with Crippen LogP contribution >= 0.6 is 0 Å². The first-order chi connectivity index (χ1) is 21.3. The van der Waals surface area contributed by atoms with Crippen LogP contribution in [-0.4, -0.2) is 92.8 Å². The Hall–Kier alpha value is -4.08. The van der Waals surface area contributed by atoms with Crippen LogP contribution in [0.5, 0.6) is 0 Å². The van der Waals surface area contributed by atoms with Crippen molar-refractivity contribution in [3.05, 3.63) is 30.1 Å². The maximum atomic E-state index is 12.2. The summed E-state index contributed by atoms with van der Waals surface area (Å²) in [4.78, 5) is 34.8. The van der Waals surface area contributed by atoms with Gasteiger partial charge in [0, 0.05) is 37.1 Å². The molecule has 0 saturated carbocycles. The number of rotatable bonds is 4. The number of aliphatic hydroxyl groups is 2. The number of anilines is 2. The number of carbonyl (C=O) groups is 1. The molecule has 1 amide bonds. The zero-order valence-corrected chi connectivity index (χ0v) is 26.7. The van der Waals surface area contributed by atoms with Gasteiger partial charge in [-0.1, -0.05) is 14.4 Å². The maximum absolute atomic E-state index is 12.2. The summed E-state index contributed by atoms with van der Waals surface area (Å²) >= 11 is 0. The van der Waals surface area contributed by atoms with Gasteiger partial charge in [0.2, 0.25) is 5.95 Å². The van der Waals surface area contributed by atoms with Crippen molar-refractivity contribution in [2.45, 2.75) is 92.4 Å². The fourth-order valence-electron chi connectivity index (χ4n) is 6.02. The van der Waals surface area contributed by atoms with E-state index in [1.165, 1.54) is 16.5 Å². The highest BCUT2D eigenvalue weighted by Gasteiger charge is 2.43. The molecule has 2 aliphatic heterocycles. The monoisotopic (exact) mass is 640 g/mol. The summed E-state index contributed by atoms with van der Waals surface area (Å²) in [6.07, 6.45) is 4.82. The number of likely N-dealkylation sites (tertiary alicyclic amines) is 1. The lowest BCUT2D eigenvalue weighted by Gasteiger charge is -2.33. The SMILES string of the molecule is C.CC1C(CO)OC(n2c(N)nc3c(N)ncnc32)C1O.Cc1cn(CC2CCN(C(=O)OC(C)(C)C)CC2)c2ncnc(C)c12. The van der Waals surface area contributed by atoms with Gasteiger partial charge in [-0.25, -0.2) is 29.7 Å². The number of aromatic nitrogens is 7. The minimum atomic E-state index is -0.831. The number of hydrogen-bond acceptors (Lipinski definition) is 12. The van der Waals surface area contributed by atoms with Gasteiger partial charge in [-0.15, -0.1) is 0 Å². The first-order valence-corrected chi connectivity index (χ1v) is 15.2. The Labute approximate surface area is 269 Å². The van der Waals surface area contributed by atoms with Crippen LogP contribution in [0.15, 0.2) is 18.9 Å². The van der Waals surface area contributed by atoms with Crippen molar-refractivity contribution in [1.82, 2.24) is 39.0 Å². The number of ether oxygens (including phenoxy) is 2. The molecule has 0 spiro atoms. The maximum Gasteiger partial charge on any atom is 0.410 e. The van der Waals surface area contributed by atoms with Crippen molar-refractivity contribution in [3.8, 4) is 0 Å². The fourth-order valence-corrected chi connectivity index (χ4v) is 6.02. The number of carbonyl (C=O) groups excluding carboxylic acids is 1. The number of amides is 1. The first kappa shape index (κ1) is 34.8. The van der Waals surface area contributed by atoms with Gasteiger partial charge < -0.3 is 40.6 Å². The molecular weight excluding hydrogens is 592 g/mol. The molecule has 2 saturated heterocycles. The third kappa shape index (κ3) is 7.00. The van der Waals surface area contributed by atoms with Gasteiger partial charge in [-0.2, -0.15) is 0 Å². The highest BCUT2D eigenvalue weighted by atomic mass is 16.6. The highest BCUT2D eigenvalue weighted by molar-refractivity contribution is 5.84. The first-order valence-electron chi connectivity index (χ1n) is 15.2. The molecule has 4 aromatic heterocycles. The molecule has 0 aromatic carbocycles. The number of aryl methyl sites for hydroxylation is 2. The van der Waals surface area contributed by atoms with E-state index in [1.54, 1.807) is 13.3 Å². The molecule has 46 heavy (non-hydrogen) atoms. The number of aliphatic hydroxyl groups excluding tert-OH is 2. The molecular formula is C31H48N10O5. The summed E-state index contributed by atoms with van der Waals surface area (Å²) in [5.41, 5.74) is 15.2. The number of nitrogens with two attached hydrogens (primary N) is 2. The van der Waals surface area contributed by atoms with E-state index in [1.807, 2.05) is 32.6 Å². The molecule has 0 bridgehead atoms. The van der Waals surface area contributed by atoms with Gasteiger partial charge in [0.05, 0.1) is 18.4 Å². The van der Waals surface area contributed by atoms with Gasteiger partial charge in [-0.05, 0) is 58.9 Å². The van der Waals surface area contributed by atoms with Crippen LogP contribution in [0.4, 0.5) is 16.6 Å². The molecule has 15 heteroatoms. The molecule has 0 radical (unpaired) electrons. The summed E-state index contributed by atoms with van der Waals surface area (Å²) in [6, 6.07) is 0. The van der Waals surface area contributed by atoms with Crippen LogP contribution in [-0.2, 0) is 16.0 Å². The van der Waals surface area contributed by atoms with Crippen LogP contribution in [0.1, 0.15) is 65.4 Å². The largest absolute Gasteiger partial charge is 0.444 e. The average Bonchev–Trinajstić information content (AvgIpc) is 3.59. The number of nitrogen functional groups attached to an aromatic ring is 2. The van der Waals surface area contributed by atoms with E-state index >= 15 is 0 Å². The summed E-state index contributed by atoms with van der Waals surface area (Å²) in [5.74, 6) is 0.645. The van der Waals surface area contributed by atoms with Gasteiger partial charge >= 0.3 is 6.09 Å². The summed E-state index contributed by atoms with van der Waals surface area (Å²) in [7, 11) is 0. The number of hydrogen-bond donors (Lipinski definition) is 4. The topological polar surface area (TPSA) is 206 Å². The Bertz CT molecular complexity index is 1660. The summed E-state index contributed by atoms with van der Waals surface area (Å²) in [6.45, 7) is 13.9. The molecule has 2 aliphatic rings. The van der Waals surface area contributed by atoms with Gasteiger partial charge in [0.25, 0.3) is 0 Å². The predicted octanol–water partition coefficient (Wildman–Crippen LogP) is 3.21. The van der Waals surface area contributed by atoms with E-state index in [9.17, 15) is 15.0 Å². The van der Waals surface area contributed by atoms with E-state index in [2.05, 4.69) is 42.6 Å². The van der Waals surface area contributed by atoms with Crippen molar-refractivity contribution in [2.24, 2.45) is 11.8 Å². The van der Waals surface area contributed by atoms with Crippen molar-refractivity contribution in [1.29, 1.82) is 0 Å². The van der Waals surface area contributed by atoms with Crippen molar-refractivity contribution in [2.75, 3.05) is 31.2 Å². The quantitative estimate of drug-likeness (QED) is 0.254. The van der Waals surface area contributed by atoms with Crippen LogP contribution < -0.4 is 11.5 Å². The fraction of sp³-hybridized carbons (Fsp3) is 0.613. The lowest BCUT2D eigenvalue weighted by Crippen LogP contribution is -2.42. The molecule has 4 unspecified atom stereocenters. The standard InChI is InChI=1S/C19H28N4O2.C11H16N6O3.CH4/c1-13-10-23(17-16(13)14(2)20-12-21-17)11-15-6-8-22(9-7-15)18(24)25-19(3,4)5;1-4-5(2-18)20-10(7(4)19)17-9-6(16-11(17)13)8(12)14-3-15-9;/h10,12,15H,6-9,11H2,1-5H3;3-5,7,10,18-19H,2H2,1H3,(H2,13,16)(H2,12,14,15);1H4. The van der Waals surface area contributed by atoms with E-state index < -0.39 is 24.0 Å². The minimum absolute atomic E-state index is 0. The van der Waals surface area contributed by atoms with E-state index in [4.69, 9.17) is 20.9 Å². The van der Waals surface area contributed by atoms with Crippen LogP contribution in [0.2, 0.25) is 0 Å². The zero-order valence-electron chi connectivity index (χ0n) is 26.7. The Kier molecular flexibility index (Phi) is 10.4. The predicted molar refractivity (Wildman–Crippen MR) is 175 cm³/mol. The second kappa shape index (κ2) is 13.7. The molecule has 4 atom stereocenters. The van der Waals surface area contributed by atoms with Gasteiger partial charge in [-0.3, -0.25) is 4.57 Å². The molecule has 0 aliphatic carbocycles. The number of nitrogens with zero attached hydrogens (tertiary/aromatic N) is 8. The van der Waals surface area contributed by atoms with E-state index in [0.29, 0.717) is 17.1 Å². The molecule has 6 heterocycles. The van der Waals surface area contributed by atoms with Crippen LogP contribution in [0.25, 0.3) is 22.2 Å². The molecule has 6 rings (SSSR count). The number of piperidine rings is 1. The second-order valence-corrected chi connectivity index (χ2v) is 12.9. The lowest BCUT2D eigenvalue weighted by molar-refractivity contribution is -0.0480. The third-order valence-electron chi connectivity index (χ3n) is 8.45. The Balaban J connectivity index is 0.000000209. The number of fused-ring (bicyclic) bond motifs is 2. The lowest BCUT2D eigenvalue weighted by atomic mass is 9.97. The Morgan fingerprint density at radius 1 is 1.09 bits per heavy atom. The second-order valence-electron chi connectivity index (χ2n) is 12.9. The highest BCUT2D eigenvalue weighted by Crippen LogP contribution is 2.37. The smallest absolute Gasteiger partial charge is 0.410 e. The van der Waals surface area contributed by atoms with Crippen molar-refractivity contribution < 1.29 is 24.5 Å². The average molecular weight is 641 g/mol. The minimum Gasteiger partial charge on any atom is -0.444 e. The molecule has 2 fully saturated rings. The van der Waals surface area contributed by atoms with Crippen LogP contribution in [0, 0.1) is 25.7 Å². The van der Waals surface area contributed by atoms with E-state index in [-0.39, 0.29) is 37.8 Å². The summed E-state index contributed by atoms with van der Waals surface area (Å²) in [5, 5.41) is 20.7. The Morgan fingerprint density at radius 3 is 2.37 bits per heavy atom. The molecule has 4 aromatic rings.